The maximum absolute atomic E-state index is 10.1. The highest BCUT2D eigenvalue weighted by atomic mass is 16.6. The number of ether oxygens (including phenoxy) is 2. The van der Waals surface area contributed by atoms with E-state index in [1.54, 1.807) is 0 Å². The smallest absolute Gasteiger partial charge is 0.302 e. The normalized spacial score (nSPS) is 22.2. The average Bonchev–Trinajstić information content (AvgIpc) is 3.45. The van der Waals surface area contributed by atoms with Gasteiger partial charge in [0, 0.05) is 6.92 Å². The van der Waals surface area contributed by atoms with Crippen LogP contribution in [0, 0.1) is 17.8 Å². The molecule has 0 amide bonds. The highest BCUT2D eigenvalue weighted by Gasteiger charge is 2.43. The van der Waals surface area contributed by atoms with Gasteiger partial charge < -0.3 is 9.47 Å². The number of benzene rings is 1. The minimum absolute atomic E-state index is 0.196. The Labute approximate surface area is 179 Å². The van der Waals surface area contributed by atoms with E-state index in [0.29, 0.717) is 30.7 Å². The van der Waals surface area contributed by atoms with Crippen LogP contribution < -0.4 is 0 Å². The Hall–Kier alpha value is -1.35. The second-order valence-corrected chi connectivity index (χ2v) is 9.63. The fourth-order valence-corrected chi connectivity index (χ4v) is 3.44. The molecule has 2 fully saturated rings. The van der Waals surface area contributed by atoms with Gasteiger partial charge in [0.25, 0.3) is 0 Å². The summed E-state index contributed by atoms with van der Waals surface area (Å²) >= 11 is 0. The molecular weight excluding hydrogens is 360 g/mol. The van der Waals surface area contributed by atoms with E-state index >= 15 is 0 Å². The van der Waals surface area contributed by atoms with Crippen molar-refractivity contribution < 1.29 is 14.3 Å². The van der Waals surface area contributed by atoms with Gasteiger partial charge in [0.2, 0.25) is 0 Å². The van der Waals surface area contributed by atoms with Crippen LogP contribution in [0.1, 0.15) is 92.1 Å². The molecule has 0 aromatic heterocycles. The number of esters is 1. The van der Waals surface area contributed by atoms with E-state index in [1.165, 1.54) is 44.6 Å². The zero-order chi connectivity index (χ0) is 21.8. The lowest BCUT2D eigenvalue weighted by atomic mass is 9.85. The van der Waals surface area contributed by atoms with E-state index in [4.69, 9.17) is 4.74 Å². The molecule has 3 nitrogen and oxygen atoms in total. The summed E-state index contributed by atoms with van der Waals surface area (Å²) in [5, 5.41) is 0. The summed E-state index contributed by atoms with van der Waals surface area (Å²) in [4.78, 5) is 10.1. The SMILES string of the molecule is CC(=O)OCC(C)C.CC(C)CCC1CCC2OC2C1.CC(C)c1ccccc1. The molecule has 29 heavy (non-hydrogen) atoms. The highest BCUT2D eigenvalue weighted by Crippen LogP contribution is 2.41. The molecule has 1 saturated carbocycles. The fraction of sp³-hybridized carbons (Fsp3) is 0.731. The van der Waals surface area contributed by atoms with Gasteiger partial charge in [-0.15, -0.1) is 0 Å². The number of hydrogen-bond acceptors (Lipinski definition) is 3. The average molecular weight is 405 g/mol. The molecule has 0 bridgehead atoms. The molecule has 3 rings (SSSR count). The van der Waals surface area contributed by atoms with E-state index in [2.05, 4.69) is 56.7 Å². The lowest BCUT2D eigenvalue weighted by Crippen LogP contribution is -2.13. The van der Waals surface area contributed by atoms with Crippen LogP contribution in [0.15, 0.2) is 30.3 Å². The first-order chi connectivity index (χ1) is 13.7. The van der Waals surface area contributed by atoms with Crippen molar-refractivity contribution in [1.29, 1.82) is 0 Å². The van der Waals surface area contributed by atoms with Crippen LogP contribution >= 0.6 is 0 Å². The summed E-state index contributed by atoms with van der Waals surface area (Å²) in [5.74, 6) is 2.77. The van der Waals surface area contributed by atoms with Crippen molar-refractivity contribution in [2.24, 2.45) is 17.8 Å². The van der Waals surface area contributed by atoms with Crippen molar-refractivity contribution in [3.05, 3.63) is 35.9 Å². The minimum Gasteiger partial charge on any atom is -0.466 e. The summed E-state index contributed by atoms with van der Waals surface area (Å²) < 4.78 is 10.2. The summed E-state index contributed by atoms with van der Waals surface area (Å²) in [6, 6.07) is 10.5. The fourth-order valence-electron chi connectivity index (χ4n) is 3.44. The monoisotopic (exact) mass is 404 g/mol. The first-order valence-electron chi connectivity index (χ1n) is 11.5. The van der Waals surface area contributed by atoms with Gasteiger partial charge in [-0.1, -0.05) is 84.7 Å². The van der Waals surface area contributed by atoms with Crippen molar-refractivity contribution in [3.63, 3.8) is 0 Å². The molecular formula is C26H44O3. The van der Waals surface area contributed by atoms with Crippen molar-refractivity contribution in [3.8, 4) is 0 Å². The van der Waals surface area contributed by atoms with Gasteiger partial charge in [-0.2, -0.15) is 0 Å². The molecule has 0 radical (unpaired) electrons. The summed E-state index contributed by atoms with van der Waals surface area (Å²) in [5.41, 5.74) is 1.41. The lowest BCUT2D eigenvalue weighted by Gasteiger charge is -2.19. The van der Waals surface area contributed by atoms with Gasteiger partial charge in [0.05, 0.1) is 18.8 Å². The Bertz CT molecular complexity index is 550. The molecule has 1 aromatic rings. The van der Waals surface area contributed by atoms with Gasteiger partial charge in [0.15, 0.2) is 0 Å². The third-order valence-electron chi connectivity index (χ3n) is 5.35. The van der Waals surface area contributed by atoms with E-state index in [-0.39, 0.29) is 5.97 Å². The number of hydrogen-bond donors (Lipinski definition) is 0. The number of carbonyl (C=O) groups excluding carboxylic acids is 1. The van der Waals surface area contributed by atoms with Gasteiger partial charge in [0.1, 0.15) is 0 Å². The van der Waals surface area contributed by atoms with E-state index < -0.39 is 0 Å². The molecule has 166 valence electrons. The minimum atomic E-state index is -0.196. The standard InChI is InChI=1S/C11H20O.C9H12.C6H12O2/c1-8(2)3-4-9-5-6-10-11(7-9)12-10;1-8(2)9-6-4-3-5-7-9;1-5(2)4-8-6(3)7/h8-11H,3-7H2,1-2H3;3-8H,1-2H3;5H,4H2,1-3H3. The topological polar surface area (TPSA) is 38.8 Å². The Kier molecular flexibility index (Phi) is 12.2. The number of carbonyl (C=O) groups is 1. The van der Waals surface area contributed by atoms with Crippen LogP contribution in [-0.4, -0.2) is 24.8 Å². The van der Waals surface area contributed by atoms with Crippen LogP contribution in [0.3, 0.4) is 0 Å². The van der Waals surface area contributed by atoms with Crippen LogP contribution in [0.25, 0.3) is 0 Å². The Balaban J connectivity index is 0.000000224. The summed E-state index contributed by atoms with van der Waals surface area (Å²) in [6.07, 6.45) is 8.32. The van der Waals surface area contributed by atoms with Crippen molar-refractivity contribution in [2.45, 2.75) is 98.7 Å². The Morgan fingerprint density at radius 1 is 1.00 bits per heavy atom. The largest absolute Gasteiger partial charge is 0.466 e. The molecule has 3 atom stereocenters. The predicted octanol–water partition coefficient (Wildman–Crippen LogP) is 7.01. The third-order valence-corrected chi connectivity index (χ3v) is 5.35. The van der Waals surface area contributed by atoms with Crippen LogP contribution in [0.5, 0.6) is 0 Å². The second kappa shape index (κ2) is 13.8. The van der Waals surface area contributed by atoms with E-state index in [9.17, 15) is 4.79 Å². The zero-order valence-electron chi connectivity index (χ0n) is 19.8. The van der Waals surface area contributed by atoms with E-state index in [0.717, 1.165) is 11.8 Å². The van der Waals surface area contributed by atoms with Crippen LogP contribution in [0.4, 0.5) is 0 Å². The molecule has 1 heterocycles. The molecule has 1 aliphatic heterocycles. The Morgan fingerprint density at radius 2 is 1.66 bits per heavy atom. The molecule has 0 spiro atoms. The van der Waals surface area contributed by atoms with Crippen LogP contribution in [0.2, 0.25) is 0 Å². The molecule has 2 aliphatic rings. The summed E-state index contributed by atoms with van der Waals surface area (Å²) in [6.45, 7) is 15.0. The molecule has 3 unspecified atom stereocenters. The summed E-state index contributed by atoms with van der Waals surface area (Å²) in [7, 11) is 0. The predicted molar refractivity (Wildman–Crippen MR) is 122 cm³/mol. The first-order valence-corrected chi connectivity index (χ1v) is 11.5. The molecule has 1 saturated heterocycles. The van der Waals surface area contributed by atoms with Crippen LogP contribution in [-0.2, 0) is 14.3 Å². The van der Waals surface area contributed by atoms with Crippen molar-refractivity contribution >= 4 is 5.97 Å². The number of epoxide rings is 1. The quantitative estimate of drug-likeness (QED) is 0.378. The van der Waals surface area contributed by atoms with Gasteiger partial charge >= 0.3 is 5.97 Å². The zero-order valence-corrected chi connectivity index (χ0v) is 19.8. The second-order valence-electron chi connectivity index (χ2n) is 9.63. The molecule has 0 N–H and O–H groups in total. The lowest BCUT2D eigenvalue weighted by molar-refractivity contribution is -0.141. The maximum Gasteiger partial charge on any atom is 0.302 e. The molecule has 3 heteroatoms. The molecule has 1 aromatic carbocycles. The van der Waals surface area contributed by atoms with Crippen molar-refractivity contribution in [1.82, 2.24) is 0 Å². The van der Waals surface area contributed by atoms with Gasteiger partial charge in [-0.3, -0.25) is 4.79 Å². The third kappa shape index (κ3) is 12.7. The van der Waals surface area contributed by atoms with Gasteiger partial charge in [-0.25, -0.2) is 0 Å². The highest BCUT2D eigenvalue weighted by molar-refractivity contribution is 5.65. The number of fused-ring (bicyclic) bond motifs is 1. The number of rotatable bonds is 6. The molecule has 1 aliphatic carbocycles. The Morgan fingerprint density at radius 3 is 2.07 bits per heavy atom. The van der Waals surface area contributed by atoms with Crippen molar-refractivity contribution in [2.75, 3.05) is 6.61 Å². The maximum atomic E-state index is 10.1. The van der Waals surface area contributed by atoms with Gasteiger partial charge in [-0.05, 0) is 48.5 Å². The van der Waals surface area contributed by atoms with E-state index in [1.807, 2.05) is 19.9 Å². The first kappa shape index (κ1) is 25.7.